The molecule has 6 heteroatoms. The average molecular weight is 357 g/mol. The first kappa shape index (κ1) is 16.3. The first-order chi connectivity index (χ1) is 11.6. The second-order valence-corrected chi connectivity index (χ2v) is 5.86. The second-order valence-electron chi connectivity index (χ2n) is 4.99. The molecule has 0 saturated carbocycles. The van der Waals surface area contributed by atoms with Gasteiger partial charge in [0.25, 0.3) is 0 Å². The number of aromatic nitrogens is 2. The lowest BCUT2D eigenvalue weighted by Crippen LogP contribution is -2.12. The minimum Gasteiger partial charge on any atom is -0.289 e. The van der Waals surface area contributed by atoms with Crippen molar-refractivity contribution in [2.75, 3.05) is 0 Å². The van der Waals surface area contributed by atoms with Crippen molar-refractivity contribution in [3.05, 3.63) is 93.2 Å². The lowest BCUT2D eigenvalue weighted by atomic mass is 9.96. The summed E-state index contributed by atoms with van der Waals surface area (Å²) in [6.07, 6.45) is 2.58. The number of benzene rings is 2. The summed E-state index contributed by atoms with van der Waals surface area (Å²) in [7, 11) is 0. The maximum absolute atomic E-state index is 12.7. The van der Waals surface area contributed by atoms with Gasteiger partial charge in [-0.05, 0) is 48.5 Å². The molecular formula is C18H10Cl2N2O2. The third-order valence-electron chi connectivity index (χ3n) is 3.43. The van der Waals surface area contributed by atoms with Crippen molar-refractivity contribution >= 4 is 34.8 Å². The smallest absolute Gasteiger partial charge is 0.195 e. The van der Waals surface area contributed by atoms with E-state index >= 15 is 0 Å². The molecule has 24 heavy (non-hydrogen) atoms. The summed E-state index contributed by atoms with van der Waals surface area (Å²) in [5.74, 6) is -0.641. The third-order valence-corrected chi connectivity index (χ3v) is 3.94. The van der Waals surface area contributed by atoms with Gasteiger partial charge in [-0.25, -0.2) is 0 Å². The molecule has 2 aromatic carbocycles. The van der Waals surface area contributed by atoms with Gasteiger partial charge >= 0.3 is 0 Å². The summed E-state index contributed by atoms with van der Waals surface area (Å²) in [4.78, 5) is 25.4. The van der Waals surface area contributed by atoms with Gasteiger partial charge < -0.3 is 0 Å². The number of hydrogen-bond acceptors (Lipinski definition) is 4. The zero-order valence-corrected chi connectivity index (χ0v) is 13.8. The van der Waals surface area contributed by atoms with Crippen molar-refractivity contribution in [2.45, 2.75) is 0 Å². The number of rotatable bonds is 4. The largest absolute Gasteiger partial charge is 0.289 e. The van der Waals surface area contributed by atoms with Crippen LogP contribution in [-0.4, -0.2) is 21.8 Å². The van der Waals surface area contributed by atoms with Gasteiger partial charge in [0, 0.05) is 21.2 Å². The zero-order chi connectivity index (χ0) is 17.1. The molecule has 0 bridgehead atoms. The van der Waals surface area contributed by atoms with Crippen LogP contribution in [0.2, 0.25) is 10.0 Å². The van der Waals surface area contributed by atoms with Crippen LogP contribution in [0.1, 0.15) is 31.8 Å². The highest BCUT2D eigenvalue weighted by Crippen LogP contribution is 2.19. The van der Waals surface area contributed by atoms with Crippen LogP contribution in [0.15, 0.2) is 60.9 Å². The fourth-order valence-electron chi connectivity index (χ4n) is 2.20. The molecule has 0 spiro atoms. The van der Waals surface area contributed by atoms with E-state index in [-0.39, 0.29) is 22.7 Å². The Bertz CT molecular complexity index is 831. The molecule has 4 nitrogen and oxygen atoms in total. The topological polar surface area (TPSA) is 59.9 Å². The van der Waals surface area contributed by atoms with Crippen LogP contribution in [0, 0.1) is 0 Å². The van der Waals surface area contributed by atoms with Crippen molar-refractivity contribution < 1.29 is 9.59 Å². The van der Waals surface area contributed by atoms with E-state index in [1.165, 1.54) is 12.4 Å². The predicted molar refractivity (Wildman–Crippen MR) is 91.8 cm³/mol. The molecular weight excluding hydrogens is 347 g/mol. The Labute approximate surface area is 148 Å². The molecule has 1 aromatic heterocycles. The maximum atomic E-state index is 12.7. The summed E-state index contributed by atoms with van der Waals surface area (Å²) in [6, 6.07) is 12.9. The van der Waals surface area contributed by atoms with Crippen molar-refractivity contribution in [3.8, 4) is 0 Å². The number of hydrogen-bond donors (Lipinski definition) is 0. The van der Waals surface area contributed by atoms with Crippen LogP contribution in [0.3, 0.4) is 0 Å². The highest BCUT2D eigenvalue weighted by Gasteiger charge is 2.20. The molecule has 3 rings (SSSR count). The Kier molecular flexibility index (Phi) is 4.69. The number of ketones is 2. The van der Waals surface area contributed by atoms with Crippen LogP contribution in [0.5, 0.6) is 0 Å². The van der Waals surface area contributed by atoms with E-state index in [2.05, 4.69) is 10.2 Å². The normalized spacial score (nSPS) is 10.4. The standard InChI is InChI=1S/C18H10Cl2N2O2/c19-13-5-1-11(2-6-13)17(23)15-9-21-22-10-16(15)18(24)12-3-7-14(20)8-4-12/h1-10H. The lowest BCUT2D eigenvalue weighted by Gasteiger charge is -2.07. The van der Waals surface area contributed by atoms with Crippen molar-refractivity contribution in [2.24, 2.45) is 0 Å². The molecule has 0 radical (unpaired) electrons. The number of carbonyl (C=O) groups is 2. The molecule has 0 fully saturated rings. The monoisotopic (exact) mass is 356 g/mol. The van der Waals surface area contributed by atoms with Crippen LogP contribution < -0.4 is 0 Å². The van der Waals surface area contributed by atoms with Crippen molar-refractivity contribution in [1.82, 2.24) is 10.2 Å². The number of halogens is 2. The SMILES string of the molecule is O=C(c1ccc(Cl)cc1)c1cnncc1C(=O)c1ccc(Cl)cc1. The molecule has 0 aliphatic rings. The molecule has 0 N–H and O–H groups in total. The molecule has 0 aliphatic heterocycles. The highest BCUT2D eigenvalue weighted by molar-refractivity contribution is 6.31. The molecule has 0 aliphatic carbocycles. The minimum atomic E-state index is -0.320. The summed E-state index contributed by atoms with van der Waals surface area (Å²) in [5.41, 5.74) is 1.20. The summed E-state index contributed by atoms with van der Waals surface area (Å²) in [6.45, 7) is 0. The molecule has 0 atom stereocenters. The van der Waals surface area contributed by atoms with E-state index in [0.717, 1.165) is 0 Å². The quantitative estimate of drug-likeness (QED) is 0.655. The van der Waals surface area contributed by atoms with Crippen LogP contribution in [-0.2, 0) is 0 Å². The lowest BCUT2D eigenvalue weighted by molar-refractivity contribution is 0.100. The molecule has 3 aromatic rings. The fourth-order valence-corrected chi connectivity index (χ4v) is 2.45. The maximum Gasteiger partial charge on any atom is 0.195 e. The average Bonchev–Trinajstić information content (AvgIpc) is 2.62. The molecule has 0 amide bonds. The van der Waals surface area contributed by atoms with Crippen molar-refractivity contribution in [1.29, 1.82) is 0 Å². The zero-order valence-electron chi connectivity index (χ0n) is 12.2. The Morgan fingerprint density at radius 2 is 0.958 bits per heavy atom. The van der Waals surface area contributed by atoms with Gasteiger partial charge in [-0.1, -0.05) is 23.2 Å². The first-order valence-electron chi connectivity index (χ1n) is 6.97. The van der Waals surface area contributed by atoms with Crippen LogP contribution in [0.4, 0.5) is 0 Å². The Morgan fingerprint density at radius 1 is 0.625 bits per heavy atom. The van der Waals surface area contributed by atoms with Gasteiger partial charge in [0.15, 0.2) is 11.6 Å². The van der Waals surface area contributed by atoms with Gasteiger partial charge in [0.2, 0.25) is 0 Å². The molecule has 118 valence electrons. The van der Waals surface area contributed by atoms with Crippen LogP contribution in [0.25, 0.3) is 0 Å². The van der Waals surface area contributed by atoms with Crippen molar-refractivity contribution in [3.63, 3.8) is 0 Å². The van der Waals surface area contributed by atoms with E-state index in [4.69, 9.17) is 23.2 Å². The fraction of sp³-hybridized carbons (Fsp3) is 0. The second kappa shape index (κ2) is 6.91. The summed E-state index contributed by atoms with van der Waals surface area (Å²) in [5, 5.41) is 8.51. The first-order valence-corrected chi connectivity index (χ1v) is 7.73. The minimum absolute atomic E-state index is 0.187. The van der Waals surface area contributed by atoms with Gasteiger partial charge in [-0.15, -0.1) is 0 Å². The number of carbonyl (C=O) groups excluding carboxylic acids is 2. The van der Waals surface area contributed by atoms with Gasteiger partial charge in [-0.2, -0.15) is 10.2 Å². The van der Waals surface area contributed by atoms with Crippen LogP contribution >= 0.6 is 23.2 Å². The molecule has 0 unspecified atom stereocenters. The third kappa shape index (κ3) is 3.35. The summed E-state index contributed by atoms with van der Waals surface area (Å²) >= 11 is 11.7. The predicted octanol–water partition coefficient (Wildman–Crippen LogP) is 4.25. The van der Waals surface area contributed by atoms with Gasteiger partial charge in [0.1, 0.15) is 0 Å². The van der Waals surface area contributed by atoms with E-state index < -0.39 is 0 Å². The highest BCUT2D eigenvalue weighted by atomic mass is 35.5. The Balaban J connectivity index is 2.01. The summed E-state index contributed by atoms with van der Waals surface area (Å²) < 4.78 is 0. The van der Waals surface area contributed by atoms with Gasteiger partial charge in [-0.3, -0.25) is 9.59 Å². The van der Waals surface area contributed by atoms with E-state index in [9.17, 15) is 9.59 Å². The Hall–Kier alpha value is -2.56. The van der Waals surface area contributed by atoms with E-state index in [1.807, 2.05) is 0 Å². The number of nitrogens with zero attached hydrogens (tertiary/aromatic N) is 2. The molecule has 1 heterocycles. The van der Waals surface area contributed by atoms with Gasteiger partial charge in [0.05, 0.1) is 23.5 Å². The molecule has 0 saturated heterocycles. The van der Waals surface area contributed by atoms with E-state index in [1.54, 1.807) is 48.5 Å². The Morgan fingerprint density at radius 3 is 1.29 bits per heavy atom. The van der Waals surface area contributed by atoms with E-state index in [0.29, 0.717) is 21.2 Å².